The van der Waals surface area contributed by atoms with Crippen molar-refractivity contribution in [1.82, 2.24) is 9.80 Å². The molecule has 0 fully saturated rings. The molecule has 38 heavy (non-hydrogen) atoms. The number of hydrogen-bond donors (Lipinski definition) is 1. The summed E-state index contributed by atoms with van der Waals surface area (Å²) in [5.74, 6) is 1.66. The summed E-state index contributed by atoms with van der Waals surface area (Å²) in [6, 6.07) is 17.4. The highest BCUT2D eigenvalue weighted by atomic mass is 32.1. The van der Waals surface area contributed by atoms with Gasteiger partial charge in [0.25, 0.3) is 0 Å². The molecule has 0 unspecified atom stereocenters. The zero-order valence-corrected chi connectivity index (χ0v) is 23.8. The lowest BCUT2D eigenvalue weighted by atomic mass is 10.0. The van der Waals surface area contributed by atoms with E-state index in [9.17, 15) is 9.59 Å². The second-order valence-corrected chi connectivity index (χ2v) is 10.5. The van der Waals surface area contributed by atoms with Crippen LogP contribution in [-0.2, 0) is 17.8 Å². The molecule has 0 radical (unpaired) electrons. The number of amides is 3. The van der Waals surface area contributed by atoms with E-state index in [0.29, 0.717) is 43.5 Å². The lowest BCUT2D eigenvalue weighted by Crippen LogP contribution is -2.45. The molecule has 8 heteroatoms. The predicted molar refractivity (Wildman–Crippen MR) is 154 cm³/mol. The fourth-order valence-corrected chi connectivity index (χ4v) is 4.84. The fourth-order valence-electron chi connectivity index (χ4n) is 4.12. The summed E-state index contributed by atoms with van der Waals surface area (Å²) in [4.78, 5) is 31.2. The van der Waals surface area contributed by atoms with Crippen LogP contribution in [0.4, 0.5) is 10.5 Å². The van der Waals surface area contributed by atoms with Gasteiger partial charge in [-0.3, -0.25) is 4.79 Å². The number of ether oxygens (including phenoxy) is 2. The van der Waals surface area contributed by atoms with Gasteiger partial charge in [0.05, 0.1) is 20.8 Å². The van der Waals surface area contributed by atoms with Crippen LogP contribution in [0.15, 0.2) is 60.0 Å². The quantitative estimate of drug-likeness (QED) is 0.274. The Hall–Kier alpha value is -3.52. The Morgan fingerprint density at radius 3 is 2.29 bits per heavy atom. The van der Waals surface area contributed by atoms with Gasteiger partial charge in [0, 0.05) is 23.7 Å². The summed E-state index contributed by atoms with van der Waals surface area (Å²) in [6.07, 6.45) is 1.41. The molecule has 0 saturated heterocycles. The van der Waals surface area contributed by atoms with Crippen molar-refractivity contribution < 1.29 is 19.1 Å². The van der Waals surface area contributed by atoms with Crippen molar-refractivity contribution in [3.63, 3.8) is 0 Å². The average Bonchev–Trinajstić information content (AvgIpc) is 3.44. The smallest absolute Gasteiger partial charge is 0.322 e. The maximum atomic E-state index is 13.5. The molecule has 1 N–H and O–H groups in total. The third kappa shape index (κ3) is 8.25. The van der Waals surface area contributed by atoms with E-state index >= 15 is 0 Å². The van der Waals surface area contributed by atoms with E-state index in [2.05, 4.69) is 19.2 Å². The standard InChI is InChI=1S/C30H39N3O4S/c1-6-16-33(30(35)31-25-12-10-24(11-13-25)22(2)3)21-29(34)32(20-26-8-7-18-38-26)17-15-23-9-14-27(36-4)28(19-23)37-5/h7-14,18-19,22H,6,15-17,20-21H2,1-5H3,(H,31,35). The van der Waals surface area contributed by atoms with Crippen LogP contribution in [0.25, 0.3) is 0 Å². The largest absolute Gasteiger partial charge is 0.493 e. The maximum Gasteiger partial charge on any atom is 0.322 e. The van der Waals surface area contributed by atoms with Crippen molar-refractivity contribution in [3.8, 4) is 11.5 Å². The minimum absolute atomic E-state index is 0.0149. The van der Waals surface area contributed by atoms with Gasteiger partial charge in [-0.05, 0) is 65.6 Å². The monoisotopic (exact) mass is 537 g/mol. The molecule has 0 atom stereocenters. The molecule has 0 aliphatic rings. The van der Waals surface area contributed by atoms with Gasteiger partial charge in [0.1, 0.15) is 6.54 Å². The number of nitrogens with one attached hydrogen (secondary N) is 1. The Labute approximate surface area is 230 Å². The predicted octanol–water partition coefficient (Wildman–Crippen LogP) is 6.40. The van der Waals surface area contributed by atoms with Crippen molar-refractivity contribution in [1.29, 1.82) is 0 Å². The van der Waals surface area contributed by atoms with Gasteiger partial charge in [0.15, 0.2) is 11.5 Å². The highest BCUT2D eigenvalue weighted by Gasteiger charge is 2.22. The van der Waals surface area contributed by atoms with E-state index in [0.717, 1.165) is 22.5 Å². The van der Waals surface area contributed by atoms with Gasteiger partial charge in [-0.15, -0.1) is 11.3 Å². The van der Waals surface area contributed by atoms with Crippen molar-refractivity contribution in [2.45, 2.75) is 46.1 Å². The maximum absolute atomic E-state index is 13.5. The van der Waals surface area contributed by atoms with Crippen LogP contribution in [0.1, 0.15) is 49.1 Å². The molecule has 0 aliphatic carbocycles. The second kappa shape index (κ2) is 14.4. The van der Waals surface area contributed by atoms with Gasteiger partial charge >= 0.3 is 6.03 Å². The van der Waals surface area contributed by atoms with Gasteiger partial charge < -0.3 is 24.6 Å². The average molecular weight is 538 g/mol. The third-order valence-electron chi connectivity index (χ3n) is 6.33. The molecule has 3 amide bonds. The highest BCUT2D eigenvalue weighted by Crippen LogP contribution is 2.28. The topological polar surface area (TPSA) is 71.1 Å². The lowest BCUT2D eigenvalue weighted by Gasteiger charge is -2.27. The molecule has 0 spiro atoms. The van der Waals surface area contributed by atoms with Crippen molar-refractivity contribution in [2.24, 2.45) is 0 Å². The SMILES string of the molecule is CCCN(CC(=O)N(CCc1ccc(OC)c(OC)c1)Cc1cccs1)C(=O)Nc1ccc(C(C)C)cc1. The first-order chi connectivity index (χ1) is 18.3. The van der Waals surface area contributed by atoms with Crippen LogP contribution in [0.2, 0.25) is 0 Å². The Kier molecular flexibility index (Phi) is 11.0. The number of thiophene rings is 1. The molecule has 7 nitrogen and oxygen atoms in total. The van der Waals surface area contributed by atoms with Crippen LogP contribution in [0.5, 0.6) is 11.5 Å². The van der Waals surface area contributed by atoms with E-state index in [4.69, 9.17) is 9.47 Å². The summed E-state index contributed by atoms with van der Waals surface area (Å²) < 4.78 is 10.8. The summed E-state index contributed by atoms with van der Waals surface area (Å²) in [5.41, 5.74) is 2.97. The van der Waals surface area contributed by atoms with E-state index in [1.54, 1.807) is 30.5 Å². The van der Waals surface area contributed by atoms with Crippen molar-refractivity contribution in [3.05, 3.63) is 76.0 Å². The van der Waals surface area contributed by atoms with Gasteiger partial charge in [0.2, 0.25) is 5.91 Å². The van der Waals surface area contributed by atoms with E-state index in [-0.39, 0.29) is 18.5 Å². The summed E-state index contributed by atoms with van der Waals surface area (Å²) >= 11 is 1.62. The second-order valence-electron chi connectivity index (χ2n) is 9.46. The number of carbonyl (C=O) groups excluding carboxylic acids is 2. The number of carbonyl (C=O) groups is 2. The molecule has 0 bridgehead atoms. The van der Waals surface area contributed by atoms with Gasteiger partial charge in [-0.25, -0.2) is 4.79 Å². The molecule has 2 aromatic carbocycles. The Morgan fingerprint density at radius 1 is 0.947 bits per heavy atom. The minimum atomic E-state index is -0.270. The molecule has 0 saturated carbocycles. The van der Waals surface area contributed by atoms with Gasteiger partial charge in [-0.1, -0.05) is 45.0 Å². The van der Waals surface area contributed by atoms with Crippen LogP contribution in [0.3, 0.4) is 0 Å². The summed E-state index contributed by atoms with van der Waals surface area (Å²) in [5, 5.41) is 4.96. The molecule has 3 rings (SSSR count). The highest BCUT2D eigenvalue weighted by molar-refractivity contribution is 7.09. The van der Waals surface area contributed by atoms with Crippen molar-refractivity contribution >= 4 is 29.0 Å². The first-order valence-corrected chi connectivity index (χ1v) is 13.9. The molecule has 0 aliphatic heterocycles. The Morgan fingerprint density at radius 2 is 1.68 bits per heavy atom. The third-order valence-corrected chi connectivity index (χ3v) is 7.19. The molecule has 3 aromatic rings. The molecule has 1 heterocycles. The van der Waals surface area contributed by atoms with Crippen LogP contribution >= 0.6 is 11.3 Å². The fraction of sp³-hybridized carbons (Fsp3) is 0.400. The van der Waals surface area contributed by atoms with Crippen LogP contribution in [-0.4, -0.2) is 55.6 Å². The van der Waals surface area contributed by atoms with E-state index in [1.165, 1.54) is 5.56 Å². The molecular weight excluding hydrogens is 498 g/mol. The zero-order chi connectivity index (χ0) is 27.5. The van der Waals surface area contributed by atoms with E-state index in [1.807, 2.05) is 71.8 Å². The first kappa shape index (κ1) is 29.0. The Bertz CT molecular complexity index is 1160. The van der Waals surface area contributed by atoms with Crippen molar-refractivity contribution in [2.75, 3.05) is 39.2 Å². The number of anilines is 1. The molecule has 204 valence electrons. The van der Waals surface area contributed by atoms with Crippen LogP contribution < -0.4 is 14.8 Å². The number of urea groups is 1. The van der Waals surface area contributed by atoms with E-state index < -0.39 is 0 Å². The Balaban J connectivity index is 1.70. The number of benzene rings is 2. The number of rotatable bonds is 13. The normalized spacial score (nSPS) is 10.8. The first-order valence-electron chi connectivity index (χ1n) is 13.0. The summed E-state index contributed by atoms with van der Waals surface area (Å²) in [6.45, 7) is 7.80. The molecule has 1 aromatic heterocycles. The zero-order valence-electron chi connectivity index (χ0n) is 23.0. The van der Waals surface area contributed by atoms with Crippen LogP contribution in [0, 0.1) is 0 Å². The lowest BCUT2D eigenvalue weighted by molar-refractivity contribution is -0.132. The number of nitrogens with zero attached hydrogens (tertiary/aromatic N) is 2. The van der Waals surface area contributed by atoms with Gasteiger partial charge in [-0.2, -0.15) is 0 Å². The number of hydrogen-bond acceptors (Lipinski definition) is 5. The molecular formula is C30H39N3O4S. The number of methoxy groups -OCH3 is 2. The minimum Gasteiger partial charge on any atom is -0.493 e. The summed E-state index contributed by atoms with van der Waals surface area (Å²) in [7, 11) is 3.22.